The molecule has 0 bridgehead atoms. The number of fused-ring (bicyclic) bond motifs is 1. The molecule has 1 aromatic rings. The van der Waals surface area contributed by atoms with Gasteiger partial charge in [0.2, 0.25) is 0 Å². The van der Waals surface area contributed by atoms with Crippen molar-refractivity contribution < 1.29 is 4.74 Å². The summed E-state index contributed by atoms with van der Waals surface area (Å²) in [5.41, 5.74) is 2.81. The predicted octanol–water partition coefficient (Wildman–Crippen LogP) is 2.19. The van der Waals surface area contributed by atoms with E-state index in [4.69, 9.17) is 4.74 Å². The Labute approximate surface area is 104 Å². The van der Waals surface area contributed by atoms with Gasteiger partial charge >= 0.3 is 0 Å². The van der Waals surface area contributed by atoms with E-state index in [1.54, 1.807) is 7.11 Å². The minimum atomic E-state index is 0.505. The fraction of sp³-hybridized carbons (Fsp3) is 0.571. The fourth-order valence-corrected chi connectivity index (χ4v) is 2.56. The number of benzene rings is 1. The Bertz CT molecular complexity index is 354. The molecule has 1 aromatic carbocycles. The topological polar surface area (TPSA) is 24.5 Å². The van der Waals surface area contributed by atoms with Crippen molar-refractivity contribution in [2.24, 2.45) is 0 Å². The second-order valence-electron chi connectivity index (χ2n) is 4.52. The van der Waals surface area contributed by atoms with Gasteiger partial charge in [0, 0.05) is 38.5 Å². The first-order valence-corrected chi connectivity index (χ1v) is 6.37. The highest BCUT2D eigenvalue weighted by molar-refractivity contribution is 5.56. The van der Waals surface area contributed by atoms with Crippen LogP contribution in [0.1, 0.15) is 24.4 Å². The Balaban J connectivity index is 2.10. The normalized spacial score (nSPS) is 19.2. The highest BCUT2D eigenvalue weighted by Gasteiger charge is 2.22. The molecule has 0 aromatic heterocycles. The standard InChI is InChI=1S/C14H22N2O/c1-15-13-8-10-16(9-5-11-17-2)14-7-4-3-6-12(13)14/h3-4,6-7,13,15H,5,8-11H2,1-2H3. The monoisotopic (exact) mass is 234 g/mol. The van der Waals surface area contributed by atoms with Gasteiger partial charge in [-0.2, -0.15) is 0 Å². The van der Waals surface area contributed by atoms with Gasteiger partial charge in [-0.1, -0.05) is 18.2 Å². The minimum Gasteiger partial charge on any atom is -0.385 e. The number of ether oxygens (including phenoxy) is 1. The lowest BCUT2D eigenvalue weighted by molar-refractivity contribution is 0.196. The molecule has 0 amide bonds. The first-order valence-electron chi connectivity index (χ1n) is 6.37. The van der Waals surface area contributed by atoms with E-state index in [2.05, 4.69) is 34.5 Å². The van der Waals surface area contributed by atoms with Crippen molar-refractivity contribution in [2.45, 2.75) is 18.9 Å². The number of nitrogens with one attached hydrogen (secondary N) is 1. The molecule has 0 spiro atoms. The summed E-state index contributed by atoms with van der Waals surface area (Å²) in [6, 6.07) is 9.22. The molecular weight excluding hydrogens is 212 g/mol. The summed E-state index contributed by atoms with van der Waals surface area (Å²) in [4.78, 5) is 2.47. The van der Waals surface area contributed by atoms with E-state index in [0.29, 0.717) is 6.04 Å². The molecule has 3 nitrogen and oxygen atoms in total. The fourth-order valence-electron chi connectivity index (χ4n) is 2.56. The summed E-state index contributed by atoms with van der Waals surface area (Å²) in [6.07, 6.45) is 2.27. The molecule has 0 fully saturated rings. The first-order chi connectivity index (χ1) is 8.36. The zero-order valence-electron chi connectivity index (χ0n) is 10.8. The third-order valence-electron chi connectivity index (χ3n) is 3.47. The number of anilines is 1. The van der Waals surface area contributed by atoms with Crippen LogP contribution in [0.25, 0.3) is 0 Å². The highest BCUT2D eigenvalue weighted by Crippen LogP contribution is 2.33. The number of methoxy groups -OCH3 is 1. The lowest BCUT2D eigenvalue weighted by Gasteiger charge is -2.35. The molecule has 3 heteroatoms. The van der Waals surface area contributed by atoms with Gasteiger partial charge in [-0.25, -0.2) is 0 Å². The zero-order valence-corrected chi connectivity index (χ0v) is 10.8. The van der Waals surface area contributed by atoms with Crippen LogP contribution in [-0.2, 0) is 4.74 Å². The van der Waals surface area contributed by atoms with Crippen LogP contribution in [0.3, 0.4) is 0 Å². The van der Waals surface area contributed by atoms with Gasteiger partial charge in [0.1, 0.15) is 0 Å². The van der Waals surface area contributed by atoms with E-state index >= 15 is 0 Å². The van der Waals surface area contributed by atoms with E-state index in [9.17, 15) is 0 Å². The summed E-state index contributed by atoms with van der Waals surface area (Å²) < 4.78 is 5.12. The van der Waals surface area contributed by atoms with Gasteiger partial charge in [0.25, 0.3) is 0 Å². The SMILES string of the molecule is CNC1CCN(CCCOC)c2ccccc21. The molecule has 0 aliphatic carbocycles. The van der Waals surface area contributed by atoms with Crippen LogP contribution in [0.5, 0.6) is 0 Å². The van der Waals surface area contributed by atoms with Crippen LogP contribution in [0.4, 0.5) is 5.69 Å². The van der Waals surface area contributed by atoms with Gasteiger partial charge in [-0.15, -0.1) is 0 Å². The smallest absolute Gasteiger partial charge is 0.0479 e. The number of para-hydroxylation sites is 1. The maximum Gasteiger partial charge on any atom is 0.0479 e. The molecule has 2 rings (SSSR count). The Morgan fingerprint density at radius 2 is 2.24 bits per heavy atom. The van der Waals surface area contributed by atoms with Crippen molar-refractivity contribution in [2.75, 3.05) is 38.8 Å². The lowest BCUT2D eigenvalue weighted by Crippen LogP contribution is -2.35. The lowest BCUT2D eigenvalue weighted by atomic mass is 9.96. The number of hydrogen-bond acceptors (Lipinski definition) is 3. The van der Waals surface area contributed by atoms with Crippen molar-refractivity contribution in [1.29, 1.82) is 0 Å². The molecule has 1 unspecified atom stereocenters. The van der Waals surface area contributed by atoms with E-state index in [1.165, 1.54) is 17.7 Å². The average Bonchev–Trinajstić information content (AvgIpc) is 2.39. The Morgan fingerprint density at radius 1 is 1.41 bits per heavy atom. The molecule has 0 saturated heterocycles. The number of rotatable bonds is 5. The second-order valence-corrected chi connectivity index (χ2v) is 4.52. The van der Waals surface area contributed by atoms with Crippen LogP contribution >= 0.6 is 0 Å². The molecular formula is C14H22N2O. The van der Waals surface area contributed by atoms with Crippen molar-refractivity contribution in [3.05, 3.63) is 29.8 Å². The van der Waals surface area contributed by atoms with Gasteiger partial charge < -0.3 is 15.0 Å². The van der Waals surface area contributed by atoms with Crippen molar-refractivity contribution >= 4 is 5.69 Å². The van der Waals surface area contributed by atoms with Gasteiger partial charge in [0.15, 0.2) is 0 Å². The molecule has 0 radical (unpaired) electrons. The first kappa shape index (κ1) is 12.4. The van der Waals surface area contributed by atoms with Gasteiger partial charge in [-0.3, -0.25) is 0 Å². The minimum absolute atomic E-state index is 0.505. The van der Waals surface area contributed by atoms with Crippen molar-refractivity contribution in [3.8, 4) is 0 Å². The largest absolute Gasteiger partial charge is 0.385 e. The average molecular weight is 234 g/mol. The summed E-state index contributed by atoms with van der Waals surface area (Å²) in [5.74, 6) is 0. The van der Waals surface area contributed by atoms with Crippen LogP contribution in [0.15, 0.2) is 24.3 Å². The summed E-state index contributed by atoms with van der Waals surface area (Å²) in [6.45, 7) is 3.06. The maximum absolute atomic E-state index is 5.12. The van der Waals surface area contributed by atoms with E-state index < -0.39 is 0 Å². The summed E-state index contributed by atoms with van der Waals surface area (Å²) in [5, 5.41) is 3.40. The molecule has 1 N–H and O–H groups in total. The molecule has 1 aliphatic rings. The zero-order chi connectivity index (χ0) is 12.1. The van der Waals surface area contributed by atoms with Gasteiger partial charge in [-0.05, 0) is 31.5 Å². The number of nitrogens with zero attached hydrogens (tertiary/aromatic N) is 1. The Kier molecular flexibility index (Phi) is 4.40. The summed E-state index contributed by atoms with van der Waals surface area (Å²) in [7, 11) is 3.81. The second kappa shape index (κ2) is 6.03. The van der Waals surface area contributed by atoms with Crippen molar-refractivity contribution in [1.82, 2.24) is 5.32 Å². The molecule has 1 heterocycles. The molecule has 1 atom stereocenters. The Morgan fingerprint density at radius 3 is 3.00 bits per heavy atom. The molecule has 17 heavy (non-hydrogen) atoms. The molecule has 0 saturated carbocycles. The van der Waals surface area contributed by atoms with Crippen LogP contribution < -0.4 is 10.2 Å². The maximum atomic E-state index is 5.12. The quantitative estimate of drug-likeness (QED) is 0.790. The Hall–Kier alpha value is -1.06. The predicted molar refractivity (Wildman–Crippen MR) is 71.6 cm³/mol. The number of hydrogen-bond donors (Lipinski definition) is 1. The molecule has 94 valence electrons. The van der Waals surface area contributed by atoms with Crippen LogP contribution in [0.2, 0.25) is 0 Å². The third-order valence-corrected chi connectivity index (χ3v) is 3.47. The van der Waals surface area contributed by atoms with E-state index in [-0.39, 0.29) is 0 Å². The third kappa shape index (κ3) is 2.79. The summed E-state index contributed by atoms with van der Waals surface area (Å²) >= 11 is 0. The van der Waals surface area contributed by atoms with Crippen LogP contribution in [-0.4, -0.2) is 33.9 Å². The van der Waals surface area contributed by atoms with E-state index in [0.717, 1.165) is 26.1 Å². The van der Waals surface area contributed by atoms with E-state index in [1.807, 2.05) is 7.05 Å². The highest BCUT2D eigenvalue weighted by atomic mass is 16.5. The van der Waals surface area contributed by atoms with Crippen LogP contribution in [0, 0.1) is 0 Å². The van der Waals surface area contributed by atoms with Crippen molar-refractivity contribution in [3.63, 3.8) is 0 Å². The molecule has 1 aliphatic heterocycles. The van der Waals surface area contributed by atoms with Gasteiger partial charge in [0.05, 0.1) is 0 Å².